The first-order valence-electron chi connectivity index (χ1n) is 10.1. The highest BCUT2D eigenvalue weighted by molar-refractivity contribution is 6.23. The highest BCUT2D eigenvalue weighted by atomic mass is 16.6. The minimum absolute atomic E-state index is 0.00272. The molecule has 1 atom stereocenters. The van der Waals surface area contributed by atoms with Gasteiger partial charge >= 0.3 is 5.97 Å². The summed E-state index contributed by atoms with van der Waals surface area (Å²) in [5, 5.41) is 2.42. The lowest BCUT2D eigenvalue weighted by Crippen LogP contribution is -2.41. The van der Waals surface area contributed by atoms with Crippen molar-refractivity contribution >= 4 is 30.0 Å². The quantitative estimate of drug-likeness (QED) is 0.378. The van der Waals surface area contributed by atoms with Gasteiger partial charge in [0.15, 0.2) is 6.61 Å². The Balaban J connectivity index is 0.00000233. The zero-order chi connectivity index (χ0) is 23.8. The number of nitrogens with zero attached hydrogens (tertiary/aromatic N) is 1. The molecule has 0 spiro atoms. The van der Waals surface area contributed by atoms with Gasteiger partial charge in [-0.3, -0.25) is 19.3 Å². The lowest BCUT2D eigenvalue weighted by atomic mass is 10.1. The van der Waals surface area contributed by atoms with Crippen LogP contribution in [0.1, 0.15) is 68.2 Å². The molecule has 1 heterocycles. The molecule has 1 unspecified atom stereocenters. The van der Waals surface area contributed by atoms with Crippen LogP contribution >= 0.6 is 0 Å². The van der Waals surface area contributed by atoms with E-state index in [1.54, 1.807) is 20.8 Å². The van der Waals surface area contributed by atoms with E-state index in [0.29, 0.717) is 6.29 Å². The second-order valence-electron chi connectivity index (χ2n) is 7.45. The van der Waals surface area contributed by atoms with Crippen LogP contribution in [0.2, 0.25) is 0 Å². The maximum Gasteiger partial charge on any atom is 0.344 e. The van der Waals surface area contributed by atoms with Crippen molar-refractivity contribution < 1.29 is 33.4 Å². The van der Waals surface area contributed by atoms with Crippen molar-refractivity contribution in [1.82, 2.24) is 10.2 Å². The van der Waals surface area contributed by atoms with E-state index in [9.17, 15) is 24.0 Å². The summed E-state index contributed by atoms with van der Waals surface area (Å²) in [6.07, 6.45) is 0.448. The highest BCUT2D eigenvalue weighted by Crippen LogP contribution is 2.32. The number of hydrogen-bond acceptors (Lipinski definition) is 7. The Bertz CT molecular complexity index is 843. The molecule has 0 aliphatic carbocycles. The first kappa shape index (κ1) is 25.8. The van der Waals surface area contributed by atoms with E-state index in [-0.39, 0.29) is 35.6 Å². The third-order valence-corrected chi connectivity index (χ3v) is 4.11. The summed E-state index contributed by atoms with van der Waals surface area (Å²) in [6.45, 7) is 8.69. The van der Waals surface area contributed by atoms with Crippen LogP contribution in [0.25, 0.3) is 0 Å². The molecule has 9 heteroatoms. The Hall–Kier alpha value is -3.23. The monoisotopic (exact) mass is 434 g/mol. The van der Waals surface area contributed by atoms with E-state index in [1.165, 1.54) is 25.2 Å². The number of nitrogens with one attached hydrogen (secondary N) is 1. The SMILES string of the molecule is CC.CNC(=O)CCC(C=O)N1C(=O)c2cccc(OCC(=O)OC(C)(C)C)c2C1=O. The number of rotatable bonds is 8. The van der Waals surface area contributed by atoms with Crippen molar-refractivity contribution in [3.8, 4) is 5.75 Å². The predicted octanol–water partition coefficient (Wildman–Crippen LogP) is 2.12. The Morgan fingerprint density at radius 1 is 1.16 bits per heavy atom. The molecule has 0 saturated carbocycles. The maximum absolute atomic E-state index is 12.9. The molecule has 170 valence electrons. The van der Waals surface area contributed by atoms with E-state index in [4.69, 9.17) is 9.47 Å². The molecule has 0 radical (unpaired) electrons. The van der Waals surface area contributed by atoms with Crippen molar-refractivity contribution in [1.29, 1.82) is 0 Å². The molecular weight excluding hydrogens is 404 g/mol. The minimum Gasteiger partial charge on any atom is -0.481 e. The van der Waals surface area contributed by atoms with Gasteiger partial charge in [0.1, 0.15) is 17.6 Å². The largest absolute Gasteiger partial charge is 0.481 e. The third-order valence-electron chi connectivity index (χ3n) is 4.11. The summed E-state index contributed by atoms with van der Waals surface area (Å²) >= 11 is 0. The van der Waals surface area contributed by atoms with Crippen LogP contribution < -0.4 is 10.1 Å². The van der Waals surface area contributed by atoms with Crippen LogP contribution in [-0.2, 0) is 19.1 Å². The van der Waals surface area contributed by atoms with Crippen LogP contribution in [0, 0.1) is 0 Å². The summed E-state index contributed by atoms with van der Waals surface area (Å²) in [5.74, 6) is -2.25. The third kappa shape index (κ3) is 6.63. The number of amides is 3. The standard InChI is InChI=1S/C20H24N2O7.C2H6/c1-20(2,3)29-16(25)11-28-14-7-5-6-13-17(14)19(27)22(18(13)26)12(10-23)8-9-15(24)21-4;1-2/h5-7,10,12H,8-9,11H2,1-4H3,(H,21,24);1-2H3. The lowest BCUT2D eigenvalue weighted by Gasteiger charge is -2.21. The fourth-order valence-electron chi connectivity index (χ4n) is 2.86. The van der Waals surface area contributed by atoms with Crippen LogP contribution in [0.4, 0.5) is 0 Å². The fraction of sp³-hybridized carbons (Fsp3) is 0.500. The van der Waals surface area contributed by atoms with Gasteiger partial charge in [0.2, 0.25) is 5.91 Å². The smallest absolute Gasteiger partial charge is 0.344 e. The number of imide groups is 1. The van der Waals surface area contributed by atoms with Gasteiger partial charge in [-0.1, -0.05) is 19.9 Å². The van der Waals surface area contributed by atoms with Crippen molar-refractivity contribution in [3.05, 3.63) is 29.3 Å². The molecule has 9 nitrogen and oxygen atoms in total. The van der Waals surface area contributed by atoms with Crippen molar-refractivity contribution in [2.75, 3.05) is 13.7 Å². The van der Waals surface area contributed by atoms with E-state index in [1.807, 2.05) is 13.8 Å². The number of aldehydes is 1. The number of esters is 1. The second-order valence-corrected chi connectivity index (χ2v) is 7.45. The van der Waals surface area contributed by atoms with Crippen molar-refractivity contribution in [3.63, 3.8) is 0 Å². The normalized spacial score (nSPS) is 13.5. The topological polar surface area (TPSA) is 119 Å². The Labute approximate surface area is 182 Å². The molecule has 3 amide bonds. The zero-order valence-electron chi connectivity index (χ0n) is 18.8. The molecule has 0 fully saturated rings. The molecule has 1 aromatic rings. The number of benzene rings is 1. The van der Waals surface area contributed by atoms with Crippen LogP contribution in [0.5, 0.6) is 5.75 Å². The van der Waals surface area contributed by atoms with Gasteiger partial charge in [-0.15, -0.1) is 0 Å². The van der Waals surface area contributed by atoms with Gasteiger partial charge in [-0.2, -0.15) is 0 Å². The molecule has 1 N–H and O–H groups in total. The van der Waals surface area contributed by atoms with Crippen LogP contribution in [0.3, 0.4) is 0 Å². The number of carbonyl (C=O) groups excluding carboxylic acids is 5. The minimum atomic E-state index is -1.08. The summed E-state index contributed by atoms with van der Waals surface area (Å²) in [5.41, 5.74) is -0.639. The van der Waals surface area contributed by atoms with Gasteiger partial charge in [0.05, 0.1) is 17.2 Å². The van der Waals surface area contributed by atoms with E-state index in [0.717, 1.165) is 4.90 Å². The Kier molecular flexibility index (Phi) is 9.36. The lowest BCUT2D eigenvalue weighted by molar-refractivity contribution is -0.157. The molecule has 0 aromatic heterocycles. The molecule has 0 saturated heterocycles. The average Bonchev–Trinajstić information content (AvgIpc) is 2.98. The zero-order valence-corrected chi connectivity index (χ0v) is 18.8. The van der Waals surface area contributed by atoms with Crippen LogP contribution in [-0.4, -0.2) is 60.2 Å². The van der Waals surface area contributed by atoms with E-state index in [2.05, 4.69) is 5.32 Å². The summed E-state index contributed by atoms with van der Waals surface area (Å²) < 4.78 is 10.6. The van der Waals surface area contributed by atoms with Gasteiger partial charge in [0, 0.05) is 13.5 Å². The number of carbonyl (C=O) groups is 5. The molecule has 1 aliphatic heterocycles. The number of ether oxygens (including phenoxy) is 2. The molecule has 31 heavy (non-hydrogen) atoms. The second kappa shape index (κ2) is 11.2. The van der Waals surface area contributed by atoms with Crippen molar-refractivity contribution in [2.24, 2.45) is 0 Å². The van der Waals surface area contributed by atoms with Gasteiger partial charge in [-0.25, -0.2) is 4.79 Å². The Morgan fingerprint density at radius 3 is 2.35 bits per heavy atom. The number of hydrogen-bond donors (Lipinski definition) is 1. The molecule has 1 aromatic carbocycles. The molecule has 1 aliphatic rings. The van der Waals surface area contributed by atoms with Gasteiger partial charge in [-0.05, 0) is 39.3 Å². The first-order valence-corrected chi connectivity index (χ1v) is 10.1. The van der Waals surface area contributed by atoms with Crippen molar-refractivity contribution in [2.45, 2.75) is 59.1 Å². The van der Waals surface area contributed by atoms with Gasteiger partial charge < -0.3 is 19.6 Å². The fourth-order valence-corrected chi connectivity index (χ4v) is 2.86. The first-order chi connectivity index (χ1) is 14.6. The van der Waals surface area contributed by atoms with Gasteiger partial charge in [0.25, 0.3) is 11.8 Å². The number of fused-ring (bicyclic) bond motifs is 1. The van der Waals surface area contributed by atoms with Crippen LogP contribution in [0.15, 0.2) is 18.2 Å². The molecular formula is C22H30N2O7. The summed E-state index contributed by atoms with van der Waals surface area (Å²) in [4.78, 5) is 61.2. The molecule has 0 bridgehead atoms. The molecule has 2 rings (SSSR count). The average molecular weight is 434 g/mol. The highest BCUT2D eigenvalue weighted by Gasteiger charge is 2.42. The van der Waals surface area contributed by atoms with E-state index >= 15 is 0 Å². The maximum atomic E-state index is 12.9. The summed E-state index contributed by atoms with van der Waals surface area (Å²) in [6, 6.07) is 3.33. The predicted molar refractivity (Wildman–Crippen MR) is 113 cm³/mol. The Morgan fingerprint density at radius 2 is 1.81 bits per heavy atom. The summed E-state index contributed by atoms with van der Waals surface area (Å²) in [7, 11) is 1.45. The van der Waals surface area contributed by atoms with E-state index < -0.39 is 36.0 Å².